The standard InChI is InChI=1S/C15H18ClN5O2S/c1-3-8-18-14(22)10(2)24-15-20-19-13(21(15)17)9-23-12-6-4-11(16)5-7-12/h3-7,10H,1,8-9,17H2,2H3,(H,18,22)/t10-/m0/s1. The van der Waals surface area contributed by atoms with Crippen molar-refractivity contribution in [3.05, 3.63) is 47.8 Å². The average molecular weight is 368 g/mol. The van der Waals surface area contributed by atoms with Crippen LogP contribution in [-0.2, 0) is 11.4 Å². The van der Waals surface area contributed by atoms with Crippen molar-refractivity contribution >= 4 is 29.3 Å². The average Bonchev–Trinajstić information content (AvgIpc) is 2.92. The van der Waals surface area contributed by atoms with Gasteiger partial charge in [-0.15, -0.1) is 16.8 Å². The number of nitrogens with zero attached hydrogens (tertiary/aromatic N) is 3. The number of thioether (sulfide) groups is 1. The van der Waals surface area contributed by atoms with Crippen molar-refractivity contribution in [3.8, 4) is 5.75 Å². The lowest BCUT2D eigenvalue weighted by molar-refractivity contribution is -0.120. The lowest BCUT2D eigenvalue weighted by atomic mass is 10.3. The van der Waals surface area contributed by atoms with Gasteiger partial charge in [-0.1, -0.05) is 29.4 Å². The molecule has 24 heavy (non-hydrogen) atoms. The predicted octanol–water partition coefficient (Wildman–Crippen LogP) is 2.01. The second kappa shape index (κ2) is 8.60. The summed E-state index contributed by atoms with van der Waals surface area (Å²) in [6.45, 7) is 5.89. The van der Waals surface area contributed by atoms with Crippen LogP contribution in [0.2, 0.25) is 5.02 Å². The Balaban J connectivity index is 1.94. The van der Waals surface area contributed by atoms with Gasteiger partial charge < -0.3 is 15.9 Å². The van der Waals surface area contributed by atoms with E-state index in [-0.39, 0.29) is 17.8 Å². The summed E-state index contributed by atoms with van der Waals surface area (Å²) in [5, 5.41) is 11.4. The summed E-state index contributed by atoms with van der Waals surface area (Å²) < 4.78 is 6.90. The summed E-state index contributed by atoms with van der Waals surface area (Å²) in [6, 6.07) is 6.96. The van der Waals surface area contributed by atoms with Crippen LogP contribution in [0, 0.1) is 0 Å². The number of nitrogens with one attached hydrogen (secondary N) is 1. The fraction of sp³-hybridized carbons (Fsp3) is 0.267. The molecule has 0 aliphatic carbocycles. The number of benzene rings is 1. The highest BCUT2D eigenvalue weighted by atomic mass is 35.5. The summed E-state index contributed by atoms with van der Waals surface area (Å²) >= 11 is 7.04. The van der Waals surface area contributed by atoms with E-state index in [0.717, 1.165) is 0 Å². The zero-order valence-electron chi connectivity index (χ0n) is 13.1. The number of amides is 1. The number of halogens is 1. The molecule has 9 heteroatoms. The lowest BCUT2D eigenvalue weighted by Crippen LogP contribution is -2.31. The monoisotopic (exact) mass is 367 g/mol. The maximum atomic E-state index is 11.8. The van der Waals surface area contributed by atoms with Gasteiger partial charge in [0.25, 0.3) is 0 Å². The Bertz CT molecular complexity index is 704. The second-order valence-corrected chi connectivity index (χ2v) is 6.55. The Hall–Kier alpha value is -2.19. The smallest absolute Gasteiger partial charge is 0.233 e. The molecule has 0 radical (unpaired) electrons. The number of hydrogen-bond donors (Lipinski definition) is 2. The molecule has 0 aliphatic rings. The van der Waals surface area contributed by atoms with E-state index in [0.29, 0.717) is 28.3 Å². The quantitative estimate of drug-likeness (QED) is 0.421. The van der Waals surface area contributed by atoms with Gasteiger partial charge in [-0.25, -0.2) is 4.68 Å². The number of carbonyl (C=O) groups is 1. The van der Waals surface area contributed by atoms with E-state index in [9.17, 15) is 4.79 Å². The van der Waals surface area contributed by atoms with E-state index in [1.807, 2.05) is 0 Å². The molecule has 0 unspecified atom stereocenters. The van der Waals surface area contributed by atoms with Crippen molar-refractivity contribution in [2.24, 2.45) is 0 Å². The van der Waals surface area contributed by atoms with Crippen LogP contribution < -0.4 is 15.9 Å². The van der Waals surface area contributed by atoms with Crippen LogP contribution in [0.15, 0.2) is 42.1 Å². The van der Waals surface area contributed by atoms with Gasteiger partial charge in [0.2, 0.25) is 11.1 Å². The molecule has 1 aromatic carbocycles. The Labute approximate surface area is 149 Å². The van der Waals surface area contributed by atoms with Gasteiger partial charge in [-0.05, 0) is 31.2 Å². The number of hydrogen-bond acceptors (Lipinski definition) is 6. The Kier molecular flexibility index (Phi) is 6.51. The molecule has 0 aliphatic heterocycles. The molecule has 0 saturated carbocycles. The maximum Gasteiger partial charge on any atom is 0.233 e. The van der Waals surface area contributed by atoms with Gasteiger partial charge >= 0.3 is 0 Å². The summed E-state index contributed by atoms with van der Waals surface area (Å²) in [6.07, 6.45) is 1.62. The van der Waals surface area contributed by atoms with Gasteiger partial charge in [-0.2, -0.15) is 0 Å². The zero-order valence-corrected chi connectivity index (χ0v) is 14.7. The van der Waals surface area contributed by atoms with Gasteiger partial charge in [-0.3, -0.25) is 4.79 Å². The Morgan fingerprint density at radius 2 is 2.21 bits per heavy atom. The molecular weight excluding hydrogens is 350 g/mol. The number of carbonyl (C=O) groups excluding carboxylic acids is 1. The van der Waals surface area contributed by atoms with Crippen molar-refractivity contribution in [1.82, 2.24) is 20.2 Å². The van der Waals surface area contributed by atoms with E-state index >= 15 is 0 Å². The van der Waals surface area contributed by atoms with Crippen LogP contribution in [-0.4, -0.2) is 32.6 Å². The molecular formula is C15H18ClN5O2S. The molecule has 2 aromatic rings. The third-order valence-electron chi connectivity index (χ3n) is 2.99. The minimum atomic E-state index is -0.360. The normalized spacial score (nSPS) is 11.8. The zero-order chi connectivity index (χ0) is 17.5. The van der Waals surface area contributed by atoms with Crippen molar-refractivity contribution < 1.29 is 9.53 Å². The minimum Gasteiger partial charge on any atom is -0.486 e. The molecule has 0 spiro atoms. The third kappa shape index (κ3) is 4.90. The van der Waals surface area contributed by atoms with Gasteiger partial charge in [0.1, 0.15) is 12.4 Å². The van der Waals surface area contributed by atoms with E-state index in [2.05, 4.69) is 22.1 Å². The largest absolute Gasteiger partial charge is 0.486 e. The number of nitrogens with two attached hydrogens (primary N) is 1. The van der Waals surface area contributed by atoms with Crippen molar-refractivity contribution in [2.45, 2.75) is 23.9 Å². The van der Waals surface area contributed by atoms with E-state index in [4.69, 9.17) is 22.2 Å². The lowest BCUT2D eigenvalue weighted by Gasteiger charge is -2.10. The number of aromatic nitrogens is 3. The van der Waals surface area contributed by atoms with E-state index in [1.54, 1.807) is 37.3 Å². The summed E-state index contributed by atoms with van der Waals surface area (Å²) in [5.41, 5.74) is 0. The SMILES string of the molecule is C=CCNC(=O)[C@H](C)Sc1nnc(COc2ccc(Cl)cc2)n1N. The predicted molar refractivity (Wildman–Crippen MR) is 94.5 cm³/mol. The third-order valence-corrected chi connectivity index (χ3v) is 4.30. The van der Waals surface area contributed by atoms with Crippen LogP contribution in [0.3, 0.4) is 0 Å². The fourth-order valence-electron chi connectivity index (χ4n) is 1.69. The van der Waals surface area contributed by atoms with Crippen LogP contribution >= 0.6 is 23.4 Å². The summed E-state index contributed by atoms with van der Waals surface area (Å²) in [5.74, 6) is 6.94. The molecule has 3 N–H and O–H groups in total. The second-order valence-electron chi connectivity index (χ2n) is 4.81. The van der Waals surface area contributed by atoms with Crippen molar-refractivity contribution in [1.29, 1.82) is 0 Å². The number of rotatable bonds is 8. The molecule has 128 valence electrons. The first-order valence-electron chi connectivity index (χ1n) is 7.14. The van der Waals surface area contributed by atoms with E-state index < -0.39 is 0 Å². The number of ether oxygens (including phenoxy) is 1. The molecule has 2 rings (SSSR count). The Morgan fingerprint density at radius 1 is 1.50 bits per heavy atom. The molecule has 1 heterocycles. The maximum absolute atomic E-state index is 11.8. The summed E-state index contributed by atoms with van der Waals surface area (Å²) in [4.78, 5) is 11.8. The number of nitrogen functional groups attached to an aromatic ring is 1. The molecule has 7 nitrogen and oxygen atoms in total. The van der Waals surface area contributed by atoms with Crippen LogP contribution in [0.5, 0.6) is 5.75 Å². The van der Waals surface area contributed by atoms with Crippen LogP contribution in [0.25, 0.3) is 0 Å². The van der Waals surface area contributed by atoms with Gasteiger partial charge in [0, 0.05) is 11.6 Å². The molecule has 0 bridgehead atoms. The highest BCUT2D eigenvalue weighted by Crippen LogP contribution is 2.21. The highest BCUT2D eigenvalue weighted by Gasteiger charge is 2.19. The molecule has 1 atom stereocenters. The van der Waals surface area contributed by atoms with Gasteiger partial charge in [0.05, 0.1) is 5.25 Å². The minimum absolute atomic E-state index is 0.123. The first-order chi connectivity index (χ1) is 11.5. The molecule has 1 amide bonds. The topological polar surface area (TPSA) is 95.1 Å². The summed E-state index contributed by atoms with van der Waals surface area (Å²) in [7, 11) is 0. The fourth-order valence-corrected chi connectivity index (χ4v) is 2.63. The van der Waals surface area contributed by atoms with Crippen molar-refractivity contribution in [3.63, 3.8) is 0 Å². The first-order valence-corrected chi connectivity index (χ1v) is 8.40. The van der Waals surface area contributed by atoms with Crippen LogP contribution in [0.4, 0.5) is 0 Å². The van der Waals surface area contributed by atoms with Crippen molar-refractivity contribution in [2.75, 3.05) is 12.4 Å². The highest BCUT2D eigenvalue weighted by molar-refractivity contribution is 8.00. The first kappa shape index (κ1) is 18.2. The van der Waals surface area contributed by atoms with Gasteiger partial charge in [0.15, 0.2) is 5.82 Å². The molecule has 0 fully saturated rings. The molecule has 1 aromatic heterocycles. The van der Waals surface area contributed by atoms with E-state index in [1.165, 1.54) is 16.4 Å². The Morgan fingerprint density at radius 3 is 2.88 bits per heavy atom. The van der Waals surface area contributed by atoms with Crippen LogP contribution in [0.1, 0.15) is 12.7 Å². The molecule has 0 saturated heterocycles.